The molecule has 0 aromatic heterocycles. The molecule has 16 heavy (non-hydrogen) atoms. The molecule has 96 valence electrons. The predicted octanol–water partition coefficient (Wildman–Crippen LogP) is 0.949. The van der Waals surface area contributed by atoms with Gasteiger partial charge >= 0.3 is 0 Å². The first-order chi connectivity index (χ1) is 7.08. The number of nitrogens with one attached hydrogen (secondary N) is 2. The molecule has 0 aromatic carbocycles. The largest absolute Gasteiger partial charge is 0.383 e. The van der Waals surface area contributed by atoms with Gasteiger partial charge in [0.05, 0.1) is 12.0 Å². The molecule has 0 saturated carbocycles. The lowest BCUT2D eigenvalue weighted by atomic mass is 9.82. The van der Waals surface area contributed by atoms with Crippen molar-refractivity contribution in [2.24, 2.45) is 5.41 Å². The molecule has 1 rings (SSSR count). The molecule has 4 nitrogen and oxygen atoms in total. The summed E-state index contributed by atoms with van der Waals surface area (Å²) in [6.45, 7) is 6.35. The maximum absolute atomic E-state index is 12.0. The lowest BCUT2D eigenvalue weighted by molar-refractivity contribution is -0.132. The lowest BCUT2D eigenvalue weighted by Gasteiger charge is -2.33. The van der Waals surface area contributed by atoms with Gasteiger partial charge in [-0.15, -0.1) is 12.4 Å². The standard InChI is InChI=1S/C11H22N2O2.ClH/c1-9(7-15-3)13-10(14)11(2)5-4-6-12-8-11;/h9,12H,4-8H2,1-3H3,(H,13,14);1H/t9-,11?;/m1./s1. The molecule has 1 heterocycles. The number of hydrogen-bond donors (Lipinski definition) is 2. The molecule has 0 aromatic rings. The molecule has 1 saturated heterocycles. The van der Waals surface area contributed by atoms with Crippen molar-refractivity contribution in [1.82, 2.24) is 10.6 Å². The molecule has 1 unspecified atom stereocenters. The van der Waals surface area contributed by atoms with E-state index in [0.717, 1.165) is 25.9 Å². The van der Waals surface area contributed by atoms with Crippen LogP contribution in [0.4, 0.5) is 0 Å². The Bertz CT molecular complexity index is 218. The Balaban J connectivity index is 0.00000225. The fourth-order valence-electron chi connectivity index (χ4n) is 1.94. The molecule has 1 aliphatic heterocycles. The molecule has 0 radical (unpaired) electrons. The van der Waals surface area contributed by atoms with Gasteiger partial charge in [-0.1, -0.05) is 0 Å². The summed E-state index contributed by atoms with van der Waals surface area (Å²) < 4.78 is 4.99. The van der Waals surface area contributed by atoms with Crippen LogP contribution in [-0.2, 0) is 9.53 Å². The highest BCUT2D eigenvalue weighted by molar-refractivity contribution is 5.85. The van der Waals surface area contributed by atoms with Gasteiger partial charge in [-0.2, -0.15) is 0 Å². The third-order valence-corrected chi connectivity index (χ3v) is 2.94. The average molecular weight is 251 g/mol. The number of halogens is 1. The smallest absolute Gasteiger partial charge is 0.227 e. The van der Waals surface area contributed by atoms with Crippen LogP contribution in [0, 0.1) is 5.41 Å². The Morgan fingerprint density at radius 2 is 2.31 bits per heavy atom. The van der Waals surface area contributed by atoms with Crippen LogP contribution >= 0.6 is 12.4 Å². The van der Waals surface area contributed by atoms with E-state index in [2.05, 4.69) is 10.6 Å². The quantitative estimate of drug-likeness (QED) is 0.781. The molecule has 0 bridgehead atoms. The van der Waals surface area contributed by atoms with Gasteiger partial charge in [0.15, 0.2) is 0 Å². The van der Waals surface area contributed by atoms with E-state index in [0.29, 0.717) is 6.61 Å². The molecule has 0 spiro atoms. The van der Waals surface area contributed by atoms with Crippen LogP contribution in [0.5, 0.6) is 0 Å². The number of ether oxygens (including phenoxy) is 1. The minimum absolute atomic E-state index is 0. The van der Waals surface area contributed by atoms with Crippen LogP contribution < -0.4 is 10.6 Å². The van der Waals surface area contributed by atoms with Gasteiger partial charge in [-0.3, -0.25) is 4.79 Å². The van der Waals surface area contributed by atoms with E-state index in [9.17, 15) is 4.79 Å². The minimum Gasteiger partial charge on any atom is -0.383 e. The summed E-state index contributed by atoms with van der Waals surface area (Å²) in [5, 5.41) is 6.26. The van der Waals surface area contributed by atoms with E-state index in [1.807, 2.05) is 13.8 Å². The van der Waals surface area contributed by atoms with Gasteiger partial charge in [0.1, 0.15) is 0 Å². The van der Waals surface area contributed by atoms with Crippen molar-refractivity contribution < 1.29 is 9.53 Å². The molecule has 1 fully saturated rings. The zero-order chi connectivity index (χ0) is 11.3. The Morgan fingerprint density at radius 3 is 2.81 bits per heavy atom. The Labute approximate surface area is 104 Å². The van der Waals surface area contributed by atoms with Gasteiger partial charge < -0.3 is 15.4 Å². The normalized spacial score (nSPS) is 26.7. The van der Waals surface area contributed by atoms with Gasteiger partial charge in [0, 0.05) is 19.7 Å². The lowest BCUT2D eigenvalue weighted by Crippen LogP contribution is -2.51. The maximum Gasteiger partial charge on any atom is 0.227 e. The molecule has 2 N–H and O–H groups in total. The van der Waals surface area contributed by atoms with Crippen molar-refractivity contribution >= 4 is 18.3 Å². The number of rotatable bonds is 4. The Morgan fingerprint density at radius 1 is 1.62 bits per heavy atom. The second kappa shape index (κ2) is 7.09. The SMILES string of the molecule is COC[C@@H](C)NC(=O)C1(C)CCCNC1.Cl. The molecular weight excluding hydrogens is 228 g/mol. The highest BCUT2D eigenvalue weighted by Crippen LogP contribution is 2.25. The van der Waals surface area contributed by atoms with E-state index >= 15 is 0 Å². The first-order valence-electron chi connectivity index (χ1n) is 5.59. The summed E-state index contributed by atoms with van der Waals surface area (Å²) in [6.07, 6.45) is 2.04. The van der Waals surface area contributed by atoms with Crippen LogP contribution in [0.3, 0.4) is 0 Å². The third kappa shape index (κ3) is 4.28. The number of piperidine rings is 1. The number of carbonyl (C=O) groups is 1. The van der Waals surface area contributed by atoms with Crippen molar-refractivity contribution in [3.8, 4) is 0 Å². The van der Waals surface area contributed by atoms with Crippen molar-refractivity contribution in [1.29, 1.82) is 0 Å². The highest BCUT2D eigenvalue weighted by atomic mass is 35.5. The zero-order valence-electron chi connectivity index (χ0n) is 10.3. The van der Waals surface area contributed by atoms with Gasteiger partial charge in [0.2, 0.25) is 5.91 Å². The van der Waals surface area contributed by atoms with E-state index < -0.39 is 0 Å². The predicted molar refractivity (Wildman–Crippen MR) is 66.9 cm³/mol. The highest BCUT2D eigenvalue weighted by Gasteiger charge is 2.34. The van der Waals surface area contributed by atoms with E-state index in [1.165, 1.54) is 0 Å². The number of carbonyl (C=O) groups excluding carboxylic acids is 1. The van der Waals surface area contributed by atoms with E-state index in [1.54, 1.807) is 7.11 Å². The van der Waals surface area contributed by atoms with E-state index in [4.69, 9.17) is 4.74 Å². The van der Waals surface area contributed by atoms with Gasteiger partial charge in [-0.25, -0.2) is 0 Å². The molecule has 0 aliphatic carbocycles. The van der Waals surface area contributed by atoms with Crippen molar-refractivity contribution in [2.75, 3.05) is 26.8 Å². The van der Waals surface area contributed by atoms with Crippen LogP contribution in [0.2, 0.25) is 0 Å². The van der Waals surface area contributed by atoms with Crippen molar-refractivity contribution in [2.45, 2.75) is 32.7 Å². The summed E-state index contributed by atoms with van der Waals surface area (Å²) in [5.41, 5.74) is -0.250. The first-order valence-corrected chi connectivity index (χ1v) is 5.59. The first kappa shape index (κ1) is 15.7. The van der Waals surface area contributed by atoms with Crippen molar-refractivity contribution in [3.05, 3.63) is 0 Å². The third-order valence-electron chi connectivity index (χ3n) is 2.94. The monoisotopic (exact) mass is 250 g/mol. The van der Waals surface area contributed by atoms with Crippen LogP contribution in [0.1, 0.15) is 26.7 Å². The topological polar surface area (TPSA) is 50.4 Å². The fourth-order valence-corrected chi connectivity index (χ4v) is 1.94. The molecular formula is C11H23ClN2O2. The van der Waals surface area contributed by atoms with Gasteiger partial charge in [-0.05, 0) is 33.2 Å². The van der Waals surface area contributed by atoms with E-state index in [-0.39, 0.29) is 29.8 Å². The summed E-state index contributed by atoms with van der Waals surface area (Å²) in [7, 11) is 1.65. The summed E-state index contributed by atoms with van der Waals surface area (Å²) in [5.74, 6) is 0.138. The van der Waals surface area contributed by atoms with Crippen LogP contribution in [0.15, 0.2) is 0 Å². The Kier molecular flexibility index (Phi) is 6.95. The molecule has 1 aliphatic rings. The summed E-state index contributed by atoms with van der Waals surface area (Å²) in [6, 6.07) is 0.0845. The van der Waals surface area contributed by atoms with Crippen LogP contribution in [-0.4, -0.2) is 38.8 Å². The maximum atomic E-state index is 12.0. The second-order valence-corrected chi connectivity index (χ2v) is 4.67. The van der Waals surface area contributed by atoms with Crippen molar-refractivity contribution in [3.63, 3.8) is 0 Å². The molecule has 5 heteroatoms. The van der Waals surface area contributed by atoms with Crippen LogP contribution in [0.25, 0.3) is 0 Å². The number of methoxy groups -OCH3 is 1. The number of hydrogen-bond acceptors (Lipinski definition) is 3. The average Bonchev–Trinajstić information content (AvgIpc) is 2.19. The zero-order valence-corrected chi connectivity index (χ0v) is 11.2. The second-order valence-electron chi connectivity index (χ2n) is 4.67. The molecule has 2 atom stereocenters. The Hall–Kier alpha value is -0.320. The summed E-state index contributed by atoms with van der Waals surface area (Å²) >= 11 is 0. The minimum atomic E-state index is -0.250. The summed E-state index contributed by atoms with van der Waals surface area (Å²) in [4.78, 5) is 12.0. The fraction of sp³-hybridized carbons (Fsp3) is 0.909. The number of amides is 1. The molecule has 1 amide bonds. The van der Waals surface area contributed by atoms with Gasteiger partial charge in [0.25, 0.3) is 0 Å².